The fourth-order valence-electron chi connectivity index (χ4n) is 1.68. The molecule has 1 heterocycles. The molecule has 19 heavy (non-hydrogen) atoms. The highest BCUT2D eigenvalue weighted by Gasteiger charge is 2.05. The van der Waals surface area contributed by atoms with Gasteiger partial charge in [-0.25, -0.2) is 4.98 Å². The summed E-state index contributed by atoms with van der Waals surface area (Å²) in [5.74, 6) is 0.717. The van der Waals surface area contributed by atoms with E-state index in [1.165, 1.54) is 0 Å². The maximum Gasteiger partial charge on any atom is 0.144 e. The van der Waals surface area contributed by atoms with Gasteiger partial charge in [0.25, 0.3) is 0 Å². The second kappa shape index (κ2) is 5.93. The van der Waals surface area contributed by atoms with Crippen molar-refractivity contribution < 1.29 is 4.74 Å². The lowest BCUT2D eigenvalue weighted by atomic mass is 10.2. The zero-order chi connectivity index (χ0) is 13.8. The number of anilines is 2. The van der Waals surface area contributed by atoms with Crippen LogP contribution in [-0.2, 0) is 6.54 Å². The predicted molar refractivity (Wildman–Crippen MR) is 80.8 cm³/mol. The van der Waals surface area contributed by atoms with E-state index in [9.17, 15) is 0 Å². The van der Waals surface area contributed by atoms with E-state index >= 15 is 0 Å². The molecule has 0 atom stereocenters. The smallest absolute Gasteiger partial charge is 0.144 e. The highest BCUT2D eigenvalue weighted by atomic mass is 32.1. The van der Waals surface area contributed by atoms with E-state index in [0.29, 0.717) is 12.2 Å². The van der Waals surface area contributed by atoms with Gasteiger partial charge in [0.2, 0.25) is 0 Å². The summed E-state index contributed by atoms with van der Waals surface area (Å²) in [6.07, 6.45) is 0.110. The number of benzene rings is 1. The van der Waals surface area contributed by atoms with Gasteiger partial charge >= 0.3 is 0 Å². The van der Waals surface area contributed by atoms with Gasteiger partial charge in [-0.2, -0.15) is 0 Å². The number of thiazole rings is 1. The van der Waals surface area contributed by atoms with Crippen molar-refractivity contribution in [2.45, 2.75) is 33.4 Å². The van der Waals surface area contributed by atoms with Gasteiger partial charge in [-0.3, -0.25) is 0 Å². The molecule has 3 N–H and O–H groups in total. The van der Waals surface area contributed by atoms with E-state index in [0.717, 1.165) is 22.1 Å². The number of aromatic nitrogens is 1. The molecule has 5 heteroatoms. The quantitative estimate of drug-likeness (QED) is 0.822. The molecule has 1 aromatic heterocycles. The topological polar surface area (TPSA) is 60.2 Å². The molecule has 0 fully saturated rings. The molecule has 0 unspecified atom stereocenters. The average molecular weight is 277 g/mol. The lowest BCUT2D eigenvalue weighted by molar-refractivity contribution is 0.244. The van der Waals surface area contributed by atoms with Crippen LogP contribution in [-0.4, -0.2) is 11.1 Å². The lowest BCUT2D eigenvalue weighted by Crippen LogP contribution is -2.08. The average Bonchev–Trinajstić information content (AvgIpc) is 2.75. The van der Waals surface area contributed by atoms with Crippen molar-refractivity contribution in [3.8, 4) is 5.75 Å². The van der Waals surface area contributed by atoms with E-state index < -0.39 is 0 Å². The first-order valence-corrected chi connectivity index (χ1v) is 7.13. The first kappa shape index (κ1) is 13.7. The fourth-order valence-corrected chi connectivity index (χ4v) is 2.29. The summed E-state index contributed by atoms with van der Waals surface area (Å²) in [6, 6.07) is 5.72. The number of hydrogen-bond donors (Lipinski definition) is 2. The maximum absolute atomic E-state index is 5.88. The normalized spacial score (nSPS) is 10.7. The number of nitrogens with zero attached hydrogens (tertiary/aromatic N) is 1. The Hall–Kier alpha value is -1.75. The fraction of sp³-hybridized carbons (Fsp3) is 0.357. The van der Waals surface area contributed by atoms with E-state index in [1.807, 2.05) is 39.0 Å². The standard InChI is InChI=1S/C14H19N3OS/c1-9(2)18-14-6-11(4-5-13(14)15)16-7-12-8-19-10(3)17-12/h4-6,8-9,16H,7,15H2,1-3H3. The van der Waals surface area contributed by atoms with Gasteiger partial charge in [-0.15, -0.1) is 11.3 Å². The van der Waals surface area contributed by atoms with Crippen molar-refractivity contribution in [1.82, 2.24) is 4.98 Å². The second-order valence-electron chi connectivity index (χ2n) is 4.63. The van der Waals surface area contributed by atoms with Crippen molar-refractivity contribution >= 4 is 22.7 Å². The van der Waals surface area contributed by atoms with Crippen molar-refractivity contribution in [1.29, 1.82) is 0 Å². The Balaban J connectivity index is 2.04. The van der Waals surface area contributed by atoms with Gasteiger partial charge in [-0.05, 0) is 32.9 Å². The van der Waals surface area contributed by atoms with Crippen LogP contribution in [0.5, 0.6) is 5.75 Å². The van der Waals surface area contributed by atoms with Crippen LogP contribution in [0.4, 0.5) is 11.4 Å². The van der Waals surface area contributed by atoms with Crippen molar-refractivity contribution in [2.24, 2.45) is 0 Å². The lowest BCUT2D eigenvalue weighted by Gasteiger charge is -2.14. The molecule has 2 rings (SSSR count). The zero-order valence-electron chi connectivity index (χ0n) is 11.4. The van der Waals surface area contributed by atoms with Gasteiger partial charge in [-0.1, -0.05) is 0 Å². The predicted octanol–water partition coefficient (Wildman–Crippen LogP) is 3.43. The van der Waals surface area contributed by atoms with Gasteiger partial charge in [0.1, 0.15) is 5.75 Å². The molecule has 0 saturated carbocycles. The van der Waals surface area contributed by atoms with Crippen LogP contribution in [0, 0.1) is 6.92 Å². The third kappa shape index (κ3) is 3.86. The molecule has 1 aromatic carbocycles. The molecule has 2 aromatic rings. The SMILES string of the molecule is Cc1nc(CNc2ccc(N)c(OC(C)C)c2)cs1. The molecule has 0 bridgehead atoms. The molecule has 0 radical (unpaired) electrons. The number of hydrogen-bond acceptors (Lipinski definition) is 5. The van der Waals surface area contributed by atoms with E-state index in [-0.39, 0.29) is 6.10 Å². The molecule has 0 aliphatic carbocycles. The summed E-state index contributed by atoms with van der Waals surface area (Å²) in [5.41, 5.74) is 8.57. The summed E-state index contributed by atoms with van der Waals surface area (Å²) in [6.45, 7) is 6.68. The van der Waals surface area contributed by atoms with Crippen LogP contribution < -0.4 is 15.8 Å². The molecular formula is C14H19N3OS. The third-order valence-corrected chi connectivity index (χ3v) is 3.34. The molecule has 0 spiro atoms. The summed E-state index contributed by atoms with van der Waals surface area (Å²) >= 11 is 1.66. The van der Waals surface area contributed by atoms with Crippen molar-refractivity contribution in [3.63, 3.8) is 0 Å². The number of nitrogen functional groups attached to an aromatic ring is 1. The minimum atomic E-state index is 0.110. The van der Waals surface area contributed by atoms with Gasteiger partial charge in [0.15, 0.2) is 0 Å². The number of rotatable bonds is 5. The Morgan fingerprint density at radius 2 is 2.21 bits per heavy atom. The van der Waals surface area contributed by atoms with Crippen LogP contribution in [0.1, 0.15) is 24.5 Å². The maximum atomic E-state index is 5.88. The first-order valence-electron chi connectivity index (χ1n) is 6.25. The monoisotopic (exact) mass is 277 g/mol. The molecular weight excluding hydrogens is 258 g/mol. The minimum Gasteiger partial charge on any atom is -0.489 e. The van der Waals surface area contributed by atoms with E-state index in [2.05, 4.69) is 15.7 Å². The first-order chi connectivity index (χ1) is 9.04. The number of aryl methyl sites for hydroxylation is 1. The Morgan fingerprint density at radius 1 is 1.42 bits per heavy atom. The van der Waals surface area contributed by atoms with Crippen molar-refractivity contribution in [3.05, 3.63) is 34.3 Å². The van der Waals surface area contributed by atoms with Crippen LogP contribution in [0.25, 0.3) is 0 Å². The van der Waals surface area contributed by atoms with Gasteiger partial charge in [0.05, 0.1) is 29.0 Å². The summed E-state index contributed by atoms with van der Waals surface area (Å²) in [4.78, 5) is 4.41. The number of ether oxygens (including phenoxy) is 1. The van der Waals surface area contributed by atoms with Crippen LogP contribution >= 0.6 is 11.3 Å². The molecule has 0 aliphatic heterocycles. The van der Waals surface area contributed by atoms with Crippen LogP contribution in [0.2, 0.25) is 0 Å². The Labute approximate surface area is 117 Å². The zero-order valence-corrected chi connectivity index (χ0v) is 12.3. The largest absolute Gasteiger partial charge is 0.489 e. The van der Waals surface area contributed by atoms with Crippen LogP contribution in [0.15, 0.2) is 23.6 Å². The Bertz CT molecular complexity index is 551. The number of nitrogens with two attached hydrogens (primary N) is 1. The molecule has 102 valence electrons. The third-order valence-electron chi connectivity index (χ3n) is 2.52. The molecule has 0 aliphatic rings. The van der Waals surface area contributed by atoms with Gasteiger partial charge in [0, 0.05) is 17.1 Å². The second-order valence-corrected chi connectivity index (χ2v) is 5.69. The summed E-state index contributed by atoms with van der Waals surface area (Å²) in [5, 5.41) is 6.47. The summed E-state index contributed by atoms with van der Waals surface area (Å²) < 4.78 is 5.66. The molecule has 0 amide bonds. The summed E-state index contributed by atoms with van der Waals surface area (Å²) in [7, 11) is 0. The molecule has 4 nitrogen and oxygen atoms in total. The van der Waals surface area contributed by atoms with E-state index in [4.69, 9.17) is 10.5 Å². The highest BCUT2D eigenvalue weighted by Crippen LogP contribution is 2.26. The van der Waals surface area contributed by atoms with Crippen LogP contribution in [0.3, 0.4) is 0 Å². The van der Waals surface area contributed by atoms with Crippen molar-refractivity contribution in [2.75, 3.05) is 11.1 Å². The van der Waals surface area contributed by atoms with E-state index in [1.54, 1.807) is 11.3 Å². The minimum absolute atomic E-state index is 0.110. The molecule has 0 saturated heterocycles. The highest BCUT2D eigenvalue weighted by molar-refractivity contribution is 7.09. The van der Waals surface area contributed by atoms with Gasteiger partial charge < -0.3 is 15.8 Å². The number of nitrogens with one attached hydrogen (secondary N) is 1. The Kier molecular flexibility index (Phi) is 4.27. The Morgan fingerprint density at radius 3 is 2.84 bits per heavy atom.